The van der Waals surface area contributed by atoms with E-state index in [1.54, 1.807) is 23.6 Å². The van der Waals surface area contributed by atoms with Gasteiger partial charge in [0.25, 0.3) is 0 Å². The Bertz CT molecular complexity index is 656. The number of pyridine rings is 1. The molecule has 0 saturated carbocycles. The number of nitrogens with zero attached hydrogens (tertiary/aromatic N) is 4. The lowest BCUT2D eigenvalue weighted by Crippen LogP contribution is -2.34. The molecule has 0 aliphatic carbocycles. The van der Waals surface area contributed by atoms with Gasteiger partial charge in [0.2, 0.25) is 11.8 Å². The van der Waals surface area contributed by atoms with E-state index < -0.39 is 0 Å². The standard InChI is InChI=1S/C16H19N5O2/c22-15-9-13(10-21(15)11-14-3-1-2-4-18-14)16(23)19-6-8-20-7-5-17-12-20/h1-5,7,12-13H,6,8-11H2,(H,19,23)/t13-/m0/s1. The van der Waals surface area contributed by atoms with E-state index in [1.165, 1.54) is 0 Å². The van der Waals surface area contributed by atoms with E-state index in [0.717, 1.165) is 5.69 Å². The highest BCUT2D eigenvalue weighted by Crippen LogP contribution is 2.19. The summed E-state index contributed by atoms with van der Waals surface area (Å²) in [6.45, 7) is 2.11. The zero-order chi connectivity index (χ0) is 16.1. The third-order valence-corrected chi connectivity index (χ3v) is 3.89. The Morgan fingerprint density at radius 3 is 3.00 bits per heavy atom. The number of rotatable bonds is 6. The molecule has 120 valence electrons. The molecule has 1 N–H and O–H groups in total. The van der Waals surface area contributed by atoms with Crippen molar-refractivity contribution in [2.24, 2.45) is 5.92 Å². The summed E-state index contributed by atoms with van der Waals surface area (Å²) < 4.78 is 1.90. The van der Waals surface area contributed by atoms with Crippen molar-refractivity contribution in [3.8, 4) is 0 Å². The molecule has 7 heteroatoms. The molecule has 2 aromatic rings. The molecule has 23 heavy (non-hydrogen) atoms. The average Bonchev–Trinajstić information content (AvgIpc) is 3.19. The molecular formula is C16H19N5O2. The van der Waals surface area contributed by atoms with E-state index in [9.17, 15) is 9.59 Å². The van der Waals surface area contributed by atoms with Gasteiger partial charge in [-0.3, -0.25) is 14.6 Å². The Morgan fingerprint density at radius 1 is 1.35 bits per heavy atom. The summed E-state index contributed by atoms with van der Waals surface area (Å²) in [6, 6.07) is 5.61. The lowest BCUT2D eigenvalue weighted by atomic mass is 10.1. The predicted octanol–water partition coefficient (Wildman–Crippen LogP) is 0.443. The zero-order valence-corrected chi connectivity index (χ0v) is 12.8. The first-order valence-corrected chi connectivity index (χ1v) is 7.63. The molecule has 1 aliphatic heterocycles. The van der Waals surface area contributed by atoms with E-state index >= 15 is 0 Å². The van der Waals surface area contributed by atoms with Crippen molar-refractivity contribution in [2.45, 2.75) is 19.5 Å². The van der Waals surface area contributed by atoms with Crippen LogP contribution in [0.3, 0.4) is 0 Å². The summed E-state index contributed by atoms with van der Waals surface area (Å²) in [5.74, 6) is -0.346. The SMILES string of the molecule is O=C(NCCn1ccnc1)[C@H]1CC(=O)N(Cc2ccccn2)C1. The van der Waals surface area contributed by atoms with Crippen molar-refractivity contribution >= 4 is 11.8 Å². The minimum absolute atomic E-state index is 0.00501. The van der Waals surface area contributed by atoms with Gasteiger partial charge < -0.3 is 14.8 Å². The highest BCUT2D eigenvalue weighted by atomic mass is 16.2. The van der Waals surface area contributed by atoms with Crippen LogP contribution in [0.5, 0.6) is 0 Å². The third kappa shape index (κ3) is 3.94. The van der Waals surface area contributed by atoms with Crippen LogP contribution < -0.4 is 5.32 Å². The van der Waals surface area contributed by atoms with E-state index in [2.05, 4.69) is 15.3 Å². The lowest BCUT2D eigenvalue weighted by Gasteiger charge is -2.16. The predicted molar refractivity (Wildman–Crippen MR) is 83.0 cm³/mol. The number of carbonyl (C=O) groups excluding carboxylic acids is 2. The second-order valence-electron chi connectivity index (χ2n) is 5.59. The second kappa shape index (κ2) is 7.04. The van der Waals surface area contributed by atoms with Crippen LogP contribution >= 0.6 is 0 Å². The van der Waals surface area contributed by atoms with Gasteiger partial charge in [-0.2, -0.15) is 0 Å². The van der Waals surface area contributed by atoms with Crippen LogP contribution in [0.25, 0.3) is 0 Å². The number of likely N-dealkylation sites (tertiary alicyclic amines) is 1. The molecule has 1 aliphatic rings. The molecule has 3 heterocycles. The number of aromatic nitrogens is 3. The molecule has 1 saturated heterocycles. The van der Waals surface area contributed by atoms with Crippen LogP contribution in [0.4, 0.5) is 0 Å². The Hall–Kier alpha value is -2.70. The molecule has 0 spiro atoms. The number of nitrogens with one attached hydrogen (secondary N) is 1. The maximum Gasteiger partial charge on any atom is 0.225 e. The zero-order valence-electron chi connectivity index (χ0n) is 12.8. The van der Waals surface area contributed by atoms with Gasteiger partial charge in [0.15, 0.2) is 0 Å². The molecular weight excluding hydrogens is 294 g/mol. The minimum atomic E-state index is -0.283. The first-order valence-electron chi connectivity index (χ1n) is 7.63. The molecule has 2 aromatic heterocycles. The van der Waals surface area contributed by atoms with Gasteiger partial charge >= 0.3 is 0 Å². The second-order valence-corrected chi connectivity index (χ2v) is 5.59. The monoisotopic (exact) mass is 313 g/mol. The summed E-state index contributed by atoms with van der Waals surface area (Å²) in [4.78, 5) is 34.1. The van der Waals surface area contributed by atoms with Gasteiger partial charge in [0, 0.05) is 44.6 Å². The summed E-state index contributed by atoms with van der Waals surface area (Å²) >= 11 is 0. The third-order valence-electron chi connectivity index (χ3n) is 3.89. The summed E-state index contributed by atoms with van der Waals surface area (Å²) in [7, 11) is 0. The van der Waals surface area contributed by atoms with Crippen molar-refractivity contribution in [3.05, 3.63) is 48.8 Å². The largest absolute Gasteiger partial charge is 0.354 e. The van der Waals surface area contributed by atoms with E-state index in [-0.39, 0.29) is 24.2 Å². The topological polar surface area (TPSA) is 80.1 Å². The molecule has 2 amide bonds. The molecule has 0 aromatic carbocycles. The smallest absolute Gasteiger partial charge is 0.225 e. The van der Waals surface area contributed by atoms with Gasteiger partial charge in [0.05, 0.1) is 24.5 Å². The minimum Gasteiger partial charge on any atom is -0.354 e. The van der Waals surface area contributed by atoms with Crippen molar-refractivity contribution < 1.29 is 9.59 Å². The lowest BCUT2D eigenvalue weighted by molar-refractivity contribution is -0.129. The highest BCUT2D eigenvalue weighted by molar-refractivity contribution is 5.89. The van der Waals surface area contributed by atoms with Gasteiger partial charge in [-0.1, -0.05) is 6.07 Å². The van der Waals surface area contributed by atoms with Crippen LogP contribution in [0.1, 0.15) is 12.1 Å². The van der Waals surface area contributed by atoms with E-state index in [0.29, 0.717) is 26.2 Å². The number of hydrogen-bond donors (Lipinski definition) is 1. The van der Waals surface area contributed by atoms with Crippen molar-refractivity contribution in [1.82, 2.24) is 24.8 Å². The molecule has 1 atom stereocenters. The fraction of sp³-hybridized carbons (Fsp3) is 0.375. The van der Waals surface area contributed by atoms with E-state index in [4.69, 9.17) is 0 Å². The van der Waals surface area contributed by atoms with Gasteiger partial charge in [-0.05, 0) is 12.1 Å². The maximum atomic E-state index is 12.2. The quantitative estimate of drug-likeness (QED) is 0.839. The fourth-order valence-electron chi connectivity index (χ4n) is 2.66. The summed E-state index contributed by atoms with van der Waals surface area (Å²) in [6.07, 6.45) is 7.23. The average molecular weight is 313 g/mol. The number of amides is 2. The van der Waals surface area contributed by atoms with Gasteiger partial charge in [-0.25, -0.2) is 4.98 Å². The van der Waals surface area contributed by atoms with Crippen LogP contribution in [0.2, 0.25) is 0 Å². The van der Waals surface area contributed by atoms with Crippen molar-refractivity contribution in [1.29, 1.82) is 0 Å². The Kier molecular flexibility index (Phi) is 4.65. The highest BCUT2D eigenvalue weighted by Gasteiger charge is 2.34. The van der Waals surface area contributed by atoms with Gasteiger partial charge in [0.1, 0.15) is 0 Å². The summed E-state index contributed by atoms with van der Waals surface area (Å²) in [5.41, 5.74) is 0.835. The molecule has 0 unspecified atom stereocenters. The molecule has 1 fully saturated rings. The van der Waals surface area contributed by atoms with Crippen LogP contribution in [-0.2, 0) is 22.7 Å². The molecule has 0 bridgehead atoms. The van der Waals surface area contributed by atoms with Crippen LogP contribution in [0.15, 0.2) is 43.1 Å². The van der Waals surface area contributed by atoms with Gasteiger partial charge in [-0.15, -0.1) is 0 Å². The van der Waals surface area contributed by atoms with Crippen molar-refractivity contribution in [2.75, 3.05) is 13.1 Å². The Balaban J connectivity index is 1.47. The van der Waals surface area contributed by atoms with Crippen LogP contribution in [0, 0.1) is 5.92 Å². The summed E-state index contributed by atoms with van der Waals surface area (Å²) in [5, 5.41) is 2.89. The normalized spacial score (nSPS) is 17.5. The number of hydrogen-bond acceptors (Lipinski definition) is 4. The number of carbonyl (C=O) groups is 2. The van der Waals surface area contributed by atoms with E-state index in [1.807, 2.05) is 29.0 Å². The maximum absolute atomic E-state index is 12.2. The Morgan fingerprint density at radius 2 is 2.26 bits per heavy atom. The van der Waals surface area contributed by atoms with Crippen LogP contribution in [-0.4, -0.2) is 44.3 Å². The molecule has 7 nitrogen and oxygen atoms in total. The molecule has 3 rings (SSSR count). The first kappa shape index (κ1) is 15.2. The molecule has 0 radical (unpaired) electrons. The number of imidazole rings is 1. The fourth-order valence-corrected chi connectivity index (χ4v) is 2.66. The Labute approximate surface area is 134 Å². The first-order chi connectivity index (χ1) is 11.2. The van der Waals surface area contributed by atoms with Crippen molar-refractivity contribution in [3.63, 3.8) is 0 Å².